The van der Waals surface area contributed by atoms with Crippen molar-refractivity contribution in [3.63, 3.8) is 0 Å². The monoisotopic (exact) mass is 606 g/mol. The van der Waals surface area contributed by atoms with Crippen LogP contribution in [0.15, 0.2) is 36.8 Å². The van der Waals surface area contributed by atoms with Gasteiger partial charge in [-0.15, -0.1) is 11.3 Å². The van der Waals surface area contributed by atoms with E-state index in [1.54, 1.807) is 12.1 Å². The minimum absolute atomic E-state index is 0.137. The number of nitrogens with zero attached hydrogens (tertiary/aromatic N) is 2. The number of halogens is 3. The van der Waals surface area contributed by atoms with E-state index in [4.69, 9.17) is 34.8 Å². The largest absolute Gasteiger partial charge is 0.391 e. The maximum atomic E-state index is 13.4. The van der Waals surface area contributed by atoms with E-state index in [-0.39, 0.29) is 39.0 Å². The zero-order valence-corrected chi connectivity index (χ0v) is 23.0. The van der Waals surface area contributed by atoms with Crippen LogP contribution < -0.4 is 10.0 Å². The van der Waals surface area contributed by atoms with Gasteiger partial charge < -0.3 is 15.5 Å². The molecular weight excluding hydrogens is 587 g/mol. The predicted octanol–water partition coefficient (Wildman–Crippen LogP) is 3.60. The van der Waals surface area contributed by atoms with E-state index in [1.807, 2.05) is 0 Å². The van der Waals surface area contributed by atoms with E-state index in [0.717, 1.165) is 18.4 Å². The van der Waals surface area contributed by atoms with E-state index in [1.165, 1.54) is 24.7 Å². The molecule has 2 aromatic heterocycles. The van der Waals surface area contributed by atoms with E-state index in [0.29, 0.717) is 15.6 Å². The molecule has 1 saturated carbocycles. The fraction of sp³-hybridized carbons (Fsp3) is 0.318. The van der Waals surface area contributed by atoms with Crippen LogP contribution in [0.3, 0.4) is 0 Å². The molecule has 4 rings (SSSR count). The van der Waals surface area contributed by atoms with Gasteiger partial charge in [0.2, 0.25) is 5.78 Å². The zero-order valence-electron chi connectivity index (χ0n) is 19.1. The maximum Gasteiger partial charge on any atom is 0.335 e. The molecule has 4 atom stereocenters. The summed E-state index contributed by atoms with van der Waals surface area (Å²) in [6.07, 6.45) is 0.841. The number of ketones is 1. The summed E-state index contributed by atoms with van der Waals surface area (Å²) in [6, 6.07) is 4.97. The second-order valence-electron chi connectivity index (χ2n) is 8.25. The highest BCUT2D eigenvalue weighted by atomic mass is 35.5. The first kappa shape index (κ1) is 28.1. The van der Waals surface area contributed by atoms with Crippen molar-refractivity contribution in [2.24, 2.45) is 0 Å². The van der Waals surface area contributed by atoms with Crippen LogP contribution in [-0.4, -0.2) is 59.7 Å². The molecule has 15 heteroatoms. The smallest absolute Gasteiger partial charge is 0.335 e. The van der Waals surface area contributed by atoms with Gasteiger partial charge in [-0.25, -0.2) is 9.97 Å². The third kappa shape index (κ3) is 6.41. The highest BCUT2D eigenvalue weighted by Crippen LogP contribution is 2.39. The number of carbonyl (C=O) groups is 1. The fourth-order valence-corrected chi connectivity index (χ4v) is 6.40. The van der Waals surface area contributed by atoms with Crippen molar-refractivity contribution in [3.05, 3.63) is 72.7 Å². The number of rotatable bonds is 9. The van der Waals surface area contributed by atoms with Crippen LogP contribution in [0.1, 0.15) is 45.3 Å². The Morgan fingerprint density at radius 3 is 2.70 bits per heavy atom. The topological polar surface area (TPSA) is 151 Å². The zero-order chi connectivity index (χ0) is 26.9. The number of thiophene rings is 1. The van der Waals surface area contributed by atoms with Crippen LogP contribution in [0, 0.1) is 0 Å². The molecular formula is C22H21Cl3N4O6S2. The van der Waals surface area contributed by atoms with Gasteiger partial charge in [-0.05, 0) is 37.1 Å². The molecule has 1 aliphatic carbocycles. The lowest BCUT2D eigenvalue weighted by molar-refractivity contribution is 0.104. The summed E-state index contributed by atoms with van der Waals surface area (Å²) < 4.78 is 30.3. The maximum absolute atomic E-state index is 13.4. The van der Waals surface area contributed by atoms with E-state index < -0.39 is 40.4 Å². The molecule has 1 aromatic carbocycles. The average Bonchev–Trinajstić information content (AvgIpc) is 3.41. The predicted molar refractivity (Wildman–Crippen MR) is 141 cm³/mol. The Kier molecular flexibility index (Phi) is 8.73. The number of aliphatic hydroxyl groups is 2. The van der Waals surface area contributed by atoms with Gasteiger partial charge in [-0.2, -0.15) is 13.1 Å². The van der Waals surface area contributed by atoms with Gasteiger partial charge in [0.1, 0.15) is 18.2 Å². The highest BCUT2D eigenvalue weighted by Gasteiger charge is 2.36. The molecule has 0 spiro atoms. The summed E-state index contributed by atoms with van der Waals surface area (Å²) in [7, 11) is -2.97. The van der Waals surface area contributed by atoms with Gasteiger partial charge in [-0.3, -0.25) is 8.98 Å². The Labute approximate surface area is 231 Å². The number of nitrogens with one attached hydrogen (secondary N) is 2. The molecule has 2 heterocycles. The lowest BCUT2D eigenvalue weighted by atomic mass is 10.0. The number of hydrogen-bond donors (Lipinski definition) is 4. The molecule has 0 saturated heterocycles. The molecule has 198 valence electrons. The van der Waals surface area contributed by atoms with Gasteiger partial charge in [0.15, 0.2) is 0 Å². The van der Waals surface area contributed by atoms with Gasteiger partial charge in [-0.1, -0.05) is 34.8 Å². The third-order valence-electron chi connectivity index (χ3n) is 5.83. The van der Waals surface area contributed by atoms with Gasteiger partial charge in [0.25, 0.3) is 0 Å². The normalized spacial score (nSPS) is 20.6. The standard InChI is InChI=1S/C22H21Cl3N4O6S2/c1-35-37(33,34)29-16-5-11(6-17(16)30)28-22-14(8-26-9-27-22)20(32)18-7-13(21(25)36-18)19(31)12-4-10(23)2-3-15(12)24/h2-4,7-9,11,16-17,19,29-31H,5-6H2,1H3,(H,26,27,28)/t11-,16-,17+,19-/m1/s1. The summed E-state index contributed by atoms with van der Waals surface area (Å²) in [6.45, 7) is 0. The van der Waals surface area contributed by atoms with Gasteiger partial charge in [0, 0.05) is 33.4 Å². The molecule has 0 unspecified atom stereocenters. The molecule has 0 aliphatic heterocycles. The molecule has 0 radical (unpaired) electrons. The third-order valence-corrected chi connectivity index (χ3v) is 8.82. The van der Waals surface area contributed by atoms with Crippen molar-refractivity contribution in [3.8, 4) is 0 Å². The van der Waals surface area contributed by atoms with E-state index in [2.05, 4.69) is 24.2 Å². The average molecular weight is 608 g/mol. The second-order valence-corrected chi connectivity index (χ2v) is 12.2. The van der Waals surface area contributed by atoms with Crippen molar-refractivity contribution in [1.82, 2.24) is 14.7 Å². The van der Waals surface area contributed by atoms with Gasteiger partial charge >= 0.3 is 10.3 Å². The Balaban J connectivity index is 1.55. The Morgan fingerprint density at radius 2 is 1.97 bits per heavy atom. The van der Waals surface area contributed by atoms with E-state index in [9.17, 15) is 23.4 Å². The number of hydrogen-bond acceptors (Lipinski definition) is 10. The van der Waals surface area contributed by atoms with Crippen molar-refractivity contribution in [2.45, 2.75) is 37.1 Å². The minimum atomic E-state index is -3.99. The lowest BCUT2D eigenvalue weighted by Gasteiger charge is -2.16. The Hall–Kier alpha value is -1.87. The molecule has 0 bridgehead atoms. The number of aliphatic hydroxyl groups excluding tert-OH is 2. The van der Waals surface area contributed by atoms with Crippen molar-refractivity contribution >= 4 is 68.0 Å². The number of aromatic nitrogens is 2. The number of carbonyl (C=O) groups excluding carboxylic acids is 1. The molecule has 4 N–H and O–H groups in total. The van der Waals surface area contributed by atoms with Crippen LogP contribution in [0.25, 0.3) is 0 Å². The SMILES string of the molecule is COS(=O)(=O)N[C@@H]1C[C@@H](Nc2ncncc2C(=O)c2cc([C@H](O)c3cc(Cl)ccc3Cl)c(Cl)s2)C[C@@H]1O. The second kappa shape index (κ2) is 11.5. The molecule has 10 nitrogen and oxygen atoms in total. The minimum Gasteiger partial charge on any atom is -0.391 e. The van der Waals surface area contributed by atoms with Crippen molar-refractivity contribution < 1.29 is 27.6 Å². The summed E-state index contributed by atoms with van der Waals surface area (Å²) >= 11 is 19.6. The van der Waals surface area contributed by atoms with E-state index >= 15 is 0 Å². The Morgan fingerprint density at radius 1 is 1.22 bits per heavy atom. The molecule has 1 aliphatic rings. The summed E-state index contributed by atoms with van der Waals surface area (Å²) in [5.74, 6) is -0.238. The first-order valence-corrected chi connectivity index (χ1v) is 14.1. The molecule has 1 fully saturated rings. The van der Waals surface area contributed by atoms with Crippen LogP contribution in [-0.2, 0) is 14.5 Å². The molecule has 3 aromatic rings. The lowest BCUT2D eigenvalue weighted by Crippen LogP contribution is -2.40. The van der Waals surface area contributed by atoms with Crippen molar-refractivity contribution in [1.29, 1.82) is 0 Å². The van der Waals surface area contributed by atoms with Gasteiger partial charge in [0.05, 0.1) is 34.0 Å². The number of anilines is 1. The van der Waals surface area contributed by atoms with Crippen LogP contribution in [0.2, 0.25) is 14.4 Å². The number of benzene rings is 1. The highest BCUT2D eigenvalue weighted by molar-refractivity contribution is 7.84. The first-order valence-electron chi connectivity index (χ1n) is 10.8. The molecule has 0 amide bonds. The quantitative estimate of drug-likeness (QED) is 0.268. The van der Waals surface area contributed by atoms with Crippen molar-refractivity contribution in [2.75, 3.05) is 12.4 Å². The fourth-order valence-electron chi connectivity index (χ4n) is 4.00. The molecule has 37 heavy (non-hydrogen) atoms. The van der Waals surface area contributed by atoms with Crippen LogP contribution in [0.4, 0.5) is 5.82 Å². The summed E-state index contributed by atoms with van der Waals surface area (Å²) in [4.78, 5) is 21.7. The Bertz CT molecular complexity index is 1420. The van der Waals surface area contributed by atoms with Crippen LogP contribution in [0.5, 0.6) is 0 Å². The van der Waals surface area contributed by atoms with Crippen LogP contribution >= 0.6 is 46.1 Å². The summed E-state index contributed by atoms with van der Waals surface area (Å²) in [5, 5.41) is 24.9. The first-order chi connectivity index (χ1) is 17.5. The summed E-state index contributed by atoms with van der Waals surface area (Å²) in [5.41, 5.74) is 0.770.